The number of carbonyl (C=O) groups excluding carboxylic acids is 1. The largest absolute Gasteiger partial charge is 0.478 e. The molecule has 1 aromatic carbocycles. The van der Waals surface area contributed by atoms with Crippen LogP contribution >= 0.6 is 31.9 Å². The first-order valence-corrected chi connectivity index (χ1v) is 6.58. The van der Waals surface area contributed by atoms with Gasteiger partial charge in [0.1, 0.15) is 5.78 Å². The highest BCUT2D eigenvalue weighted by Crippen LogP contribution is 2.29. The molecule has 1 unspecified atom stereocenters. The van der Waals surface area contributed by atoms with E-state index in [0.29, 0.717) is 16.5 Å². The first kappa shape index (κ1) is 13.4. The molecule has 0 heterocycles. The second kappa shape index (κ2) is 5.59. The zero-order valence-corrected chi connectivity index (χ0v) is 11.7. The van der Waals surface area contributed by atoms with Gasteiger partial charge < -0.3 is 5.11 Å². The zero-order valence-electron chi connectivity index (χ0n) is 8.54. The van der Waals surface area contributed by atoms with Crippen molar-refractivity contribution in [2.24, 2.45) is 0 Å². The van der Waals surface area contributed by atoms with Crippen LogP contribution in [0.2, 0.25) is 0 Å². The quantitative estimate of drug-likeness (QED) is 0.848. The van der Waals surface area contributed by atoms with Crippen molar-refractivity contribution in [3.05, 3.63) is 34.9 Å². The Bertz CT molecular complexity index is 429. The molecule has 1 rings (SSSR count). The Kier molecular flexibility index (Phi) is 4.68. The van der Waals surface area contributed by atoms with Crippen LogP contribution in [0.4, 0.5) is 0 Å². The van der Waals surface area contributed by atoms with Crippen LogP contribution in [0.15, 0.2) is 18.2 Å². The topological polar surface area (TPSA) is 54.4 Å². The van der Waals surface area contributed by atoms with Gasteiger partial charge in [-0.05, 0) is 18.1 Å². The second-order valence-corrected chi connectivity index (χ2v) is 4.77. The third kappa shape index (κ3) is 2.71. The normalized spacial score (nSPS) is 12.2. The van der Waals surface area contributed by atoms with Gasteiger partial charge in [0.25, 0.3) is 0 Å². The minimum absolute atomic E-state index is 0.116. The summed E-state index contributed by atoms with van der Waals surface area (Å²) in [7, 11) is 0. The van der Waals surface area contributed by atoms with Crippen LogP contribution in [0.1, 0.15) is 33.2 Å². The number of rotatable bonds is 4. The van der Waals surface area contributed by atoms with Crippen molar-refractivity contribution < 1.29 is 14.7 Å². The number of carbonyl (C=O) groups is 2. The standard InChI is InChI=1S/C11H10Br2O3/c1-6(14)10(13)8-4-2-3-7(5-12)9(8)11(15)16/h2-4,10H,5H2,1H3,(H,15,16). The lowest BCUT2D eigenvalue weighted by atomic mass is 9.98. The molecule has 0 spiro atoms. The lowest BCUT2D eigenvalue weighted by Crippen LogP contribution is -2.11. The average Bonchev–Trinajstić information content (AvgIpc) is 2.26. The molecule has 0 aliphatic carbocycles. The van der Waals surface area contributed by atoms with Crippen LogP contribution in [0.5, 0.6) is 0 Å². The van der Waals surface area contributed by atoms with Gasteiger partial charge in [0.2, 0.25) is 0 Å². The summed E-state index contributed by atoms with van der Waals surface area (Å²) < 4.78 is 0. The van der Waals surface area contributed by atoms with E-state index in [1.54, 1.807) is 18.2 Å². The third-order valence-corrected chi connectivity index (χ3v) is 3.91. The Hall–Kier alpha value is -0.680. The fourth-order valence-electron chi connectivity index (χ4n) is 1.42. The van der Waals surface area contributed by atoms with Crippen molar-refractivity contribution in [3.8, 4) is 0 Å². The van der Waals surface area contributed by atoms with Gasteiger partial charge in [-0.15, -0.1) is 0 Å². The molecule has 0 aliphatic heterocycles. The Labute approximate surface area is 110 Å². The molecule has 5 heteroatoms. The van der Waals surface area contributed by atoms with E-state index in [2.05, 4.69) is 31.9 Å². The Morgan fingerprint density at radius 3 is 2.50 bits per heavy atom. The first-order valence-electron chi connectivity index (χ1n) is 4.54. The minimum atomic E-state index is -1.02. The highest BCUT2D eigenvalue weighted by Gasteiger charge is 2.22. The number of halogens is 2. The molecule has 16 heavy (non-hydrogen) atoms. The third-order valence-electron chi connectivity index (χ3n) is 2.17. The molecule has 0 fully saturated rings. The molecular formula is C11H10Br2O3. The van der Waals surface area contributed by atoms with Crippen LogP contribution < -0.4 is 0 Å². The van der Waals surface area contributed by atoms with Crippen LogP contribution in [0.25, 0.3) is 0 Å². The number of carboxylic acids is 1. The molecule has 3 nitrogen and oxygen atoms in total. The number of hydrogen-bond donors (Lipinski definition) is 1. The summed E-state index contributed by atoms with van der Waals surface area (Å²) >= 11 is 6.44. The molecule has 0 radical (unpaired) electrons. The fourth-order valence-corrected chi connectivity index (χ4v) is 2.27. The lowest BCUT2D eigenvalue weighted by molar-refractivity contribution is -0.116. The summed E-state index contributed by atoms with van der Waals surface area (Å²) in [5.41, 5.74) is 1.35. The Morgan fingerprint density at radius 2 is 2.06 bits per heavy atom. The minimum Gasteiger partial charge on any atom is -0.478 e. The fraction of sp³-hybridized carbons (Fsp3) is 0.273. The van der Waals surface area contributed by atoms with E-state index in [1.165, 1.54) is 6.92 Å². The van der Waals surface area contributed by atoms with E-state index < -0.39 is 10.8 Å². The van der Waals surface area contributed by atoms with Crippen molar-refractivity contribution in [2.45, 2.75) is 17.1 Å². The molecule has 86 valence electrons. The highest BCUT2D eigenvalue weighted by atomic mass is 79.9. The number of alkyl halides is 2. The maximum Gasteiger partial charge on any atom is 0.336 e. The number of hydrogen-bond acceptors (Lipinski definition) is 2. The summed E-state index contributed by atoms with van der Waals surface area (Å²) in [6.07, 6.45) is 0. The summed E-state index contributed by atoms with van der Waals surface area (Å²) in [4.78, 5) is 21.9. The molecule has 1 atom stereocenters. The number of aromatic carboxylic acids is 1. The van der Waals surface area contributed by atoms with Gasteiger partial charge in [-0.2, -0.15) is 0 Å². The second-order valence-electron chi connectivity index (χ2n) is 3.29. The van der Waals surface area contributed by atoms with Gasteiger partial charge in [0.05, 0.1) is 10.4 Å². The lowest BCUT2D eigenvalue weighted by Gasteiger charge is -2.12. The summed E-state index contributed by atoms with van der Waals surface area (Å²) in [6.45, 7) is 1.42. The van der Waals surface area contributed by atoms with E-state index in [1.807, 2.05) is 0 Å². The van der Waals surface area contributed by atoms with Crippen molar-refractivity contribution in [1.29, 1.82) is 0 Å². The van der Waals surface area contributed by atoms with E-state index in [-0.39, 0.29) is 11.3 Å². The van der Waals surface area contributed by atoms with Crippen molar-refractivity contribution in [1.82, 2.24) is 0 Å². The maximum atomic E-state index is 11.3. The van der Waals surface area contributed by atoms with E-state index in [0.717, 1.165) is 0 Å². The van der Waals surface area contributed by atoms with Crippen molar-refractivity contribution >= 4 is 43.6 Å². The number of ketones is 1. The molecular weight excluding hydrogens is 340 g/mol. The molecule has 0 bridgehead atoms. The molecule has 0 aliphatic rings. The Morgan fingerprint density at radius 1 is 1.44 bits per heavy atom. The molecule has 0 amide bonds. The van der Waals surface area contributed by atoms with Gasteiger partial charge in [0, 0.05) is 5.33 Å². The number of benzene rings is 1. The Balaban J connectivity index is 3.38. The average molecular weight is 350 g/mol. The predicted octanol–water partition coefficient (Wildman–Crippen LogP) is 3.30. The van der Waals surface area contributed by atoms with E-state index >= 15 is 0 Å². The van der Waals surface area contributed by atoms with Crippen LogP contribution in [-0.2, 0) is 10.1 Å². The molecule has 0 saturated carbocycles. The van der Waals surface area contributed by atoms with Gasteiger partial charge in [-0.25, -0.2) is 4.79 Å². The summed E-state index contributed by atoms with van der Waals surface area (Å²) in [6, 6.07) is 5.12. The first-order chi connectivity index (χ1) is 7.49. The van der Waals surface area contributed by atoms with Crippen LogP contribution in [-0.4, -0.2) is 16.9 Å². The van der Waals surface area contributed by atoms with Crippen LogP contribution in [0, 0.1) is 0 Å². The van der Waals surface area contributed by atoms with Crippen molar-refractivity contribution in [2.75, 3.05) is 0 Å². The smallest absolute Gasteiger partial charge is 0.336 e. The van der Waals surface area contributed by atoms with Gasteiger partial charge >= 0.3 is 5.97 Å². The number of Topliss-reactive ketones (excluding diaryl/α,β-unsaturated/α-hetero) is 1. The number of carboxylic acid groups (broad SMARTS) is 1. The van der Waals surface area contributed by atoms with E-state index in [4.69, 9.17) is 5.11 Å². The molecule has 0 saturated heterocycles. The van der Waals surface area contributed by atoms with Gasteiger partial charge in [-0.1, -0.05) is 50.1 Å². The molecule has 0 aromatic heterocycles. The van der Waals surface area contributed by atoms with E-state index in [9.17, 15) is 9.59 Å². The predicted molar refractivity (Wildman–Crippen MR) is 68.4 cm³/mol. The summed E-state index contributed by atoms with van der Waals surface area (Å²) in [5, 5.41) is 9.60. The maximum absolute atomic E-state index is 11.3. The highest BCUT2D eigenvalue weighted by molar-refractivity contribution is 9.09. The molecule has 1 aromatic rings. The van der Waals surface area contributed by atoms with Gasteiger partial charge in [0.15, 0.2) is 0 Å². The monoisotopic (exact) mass is 348 g/mol. The van der Waals surface area contributed by atoms with Crippen LogP contribution in [0.3, 0.4) is 0 Å². The zero-order chi connectivity index (χ0) is 12.3. The van der Waals surface area contributed by atoms with Crippen molar-refractivity contribution in [3.63, 3.8) is 0 Å². The van der Waals surface area contributed by atoms with Gasteiger partial charge in [-0.3, -0.25) is 4.79 Å². The summed E-state index contributed by atoms with van der Waals surface area (Å²) in [5.74, 6) is -1.13. The SMILES string of the molecule is CC(=O)C(Br)c1cccc(CBr)c1C(=O)O. The molecule has 1 N–H and O–H groups in total.